The van der Waals surface area contributed by atoms with Crippen LogP contribution in [0.5, 0.6) is 0 Å². The Kier molecular flexibility index (Phi) is 12.9. The van der Waals surface area contributed by atoms with E-state index >= 15 is 0 Å². The Bertz CT molecular complexity index is 230. The third-order valence-electron chi connectivity index (χ3n) is 3.21. The summed E-state index contributed by atoms with van der Waals surface area (Å²) in [6, 6.07) is -0.404. The van der Waals surface area contributed by atoms with Crippen molar-refractivity contribution in [2.24, 2.45) is 5.73 Å². The van der Waals surface area contributed by atoms with Crippen LogP contribution in [-0.2, 0) is 9.59 Å². The Labute approximate surface area is 117 Å². The minimum Gasteiger partial charge on any atom is -0.355 e. The zero-order valence-corrected chi connectivity index (χ0v) is 12.3. The predicted octanol–water partition coefficient (Wildman–Crippen LogP) is 2.55. The predicted molar refractivity (Wildman–Crippen MR) is 78.9 cm³/mol. The van der Waals surface area contributed by atoms with Crippen molar-refractivity contribution in [3.63, 3.8) is 0 Å². The Morgan fingerprint density at radius 2 is 1.47 bits per heavy atom. The second-order valence-corrected chi connectivity index (χ2v) is 5.22. The SMILES string of the molecule is C[C@H](N)C(=O)NCCCCCCCCCCCC=O. The van der Waals surface area contributed by atoms with Crippen LogP contribution in [0.25, 0.3) is 0 Å². The Hall–Kier alpha value is -0.900. The average molecular weight is 270 g/mol. The number of unbranched alkanes of at least 4 members (excludes halogenated alkanes) is 9. The summed E-state index contributed by atoms with van der Waals surface area (Å²) in [6.07, 6.45) is 12.5. The number of amides is 1. The van der Waals surface area contributed by atoms with Gasteiger partial charge in [0.15, 0.2) is 0 Å². The molecule has 0 rings (SSSR count). The van der Waals surface area contributed by atoms with Crippen molar-refractivity contribution in [2.75, 3.05) is 6.54 Å². The minimum absolute atomic E-state index is 0.0599. The first-order valence-electron chi connectivity index (χ1n) is 7.65. The molecule has 0 spiro atoms. The molecule has 0 bridgehead atoms. The molecule has 0 aromatic rings. The quantitative estimate of drug-likeness (QED) is 0.399. The van der Waals surface area contributed by atoms with Crippen molar-refractivity contribution in [3.05, 3.63) is 0 Å². The van der Waals surface area contributed by atoms with Gasteiger partial charge in [-0.3, -0.25) is 4.79 Å². The van der Waals surface area contributed by atoms with Crippen LogP contribution in [0.4, 0.5) is 0 Å². The van der Waals surface area contributed by atoms with Crippen LogP contribution in [-0.4, -0.2) is 24.8 Å². The highest BCUT2D eigenvalue weighted by Crippen LogP contribution is 2.09. The van der Waals surface area contributed by atoms with Crippen molar-refractivity contribution < 1.29 is 9.59 Å². The molecule has 0 unspecified atom stereocenters. The van der Waals surface area contributed by atoms with Crippen LogP contribution in [0.15, 0.2) is 0 Å². The molecule has 0 aromatic carbocycles. The molecule has 1 atom stereocenters. The molecule has 0 aliphatic heterocycles. The fraction of sp³-hybridized carbons (Fsp3) is 0.867. The standard InChI is InChI=1S/C15H30N2O2/c1-14(16)15(19)17-12-10-8-6-4-2-3-5-7-9-11-13-18/h13-14H,2-12,16H2,1H3,(H,17,19)/t14-/m0/s1. The summed E-state index contributed by atoms with van der Waals surface area (Å²) in [5.41, 5.74) is 5.44. The maximum absolute atomic E-state index is 11.2. The van der Waals surface area contributed by atoms with Gasteiger partial charge in [0.25, 0.3) is 0 Å². The lowest BCUT2D eigenvalue weighted by atomic mass is 10.1. The van der Waals surface area contributed by atoms with Crippen molar-refractivity contribution in [2.45, 2.75) is 77.2 Å². The summed E-state index contributed by atoms with van der Waals surface area (Å²) in [5.74, 6) is -0.0599. The molecule has 0 fully saturated rings. The second-order valence-electron chi connectivity index (χ2n) is 5.22. The summed E-state index contributed by atoms with van der Waals surface area (Å²) >= 11 is 0. The molecule has 0 aliphatic rings. The number of nitrogens with one attached hydrogen (secondary N) is 1. The van der Waals surface area contributed by atoms with E-state index in [9.17, 15) is 9.59 Å². The summed E-state index contributed by atoms with van der Waals surface area (Å²) in [4.78, 5) is 21.3. The minimum atomic E-state index is -0.404. The third-order valence-corrected chi connectivity index (χ3v) is 3.21. The Morgan fingerprint density at radius 3 is 1.95 bits per heavy atom. The van der Waals surface area contributed by atoms with Crippen molar-refractivity contribution in [1.29, 1.82) is 0 Å². The van der Waals surface area contributed by atoms with E-state index in [1.807, 2.05) is 0 Å². The van der Waals surface area contributed by atoms with Gasteiger partial charge >= 0.3 is 0 Å². The summed E-state index contributed by atoms with van der Waals surface area (Å²) in [7, 11) is 0. The monoisotopic (exact) mass is 270 g/mol. The normalized spacial score (nSPS) is 12.1. The lowest BCUT2D eigenvalue weighted by Crippen LogP contribution is -2.38. The molecule has 4 heteroatoms. The van der Waals surface area contributed by atoms with E-state index in [1.54, 1.807) is 6.92 Å². The fourth-order valence-electron chi connectivity index (χ4n) is 1.96. The molecule has 0 radical (unpaired) electrons. The molecule has 0 saturated carbocycles. The third kappa shape index (κ3) is 13.3. The largest absolute Gasteiger partial charge is 0.355 e. The molecule has 0 aliphatic carbocycles. The summed E-state index contributed by atoms with van der Waals surface area (Å²) < 4.78 is 0. The number of rotatable bonds is 13. The summed E-state index contributed by atoms with van der Waals surface area (Å²) in [6.45, 7) is 2.44. The first-order chi connectivity index (χ1) is 9.18. The first-order valence-corrected chi connectivity index (χ1v) is 7.65. The van der Waals surface area contributed by atoms with Gasteiger partial charge in [-0.25, -0.2) is 0 Å². The first kappa shape index (κ1) is 18.1. The molecule has 112 valence electrons. The van der Waals surface area contributed by atoms with Crippen molar-refractivity contribution in [3.8, 4) is 0 Å². The van der Waals surface area contributed by atoms with E-state index in [2.05, 4.69) is 5.32 Å². The molecule has 19 heavy (non-hydrogen) atoms. The van der Waals surface area contributed by atoms with Crippen molar-refractivity contribution in [1.82, 2.24) is 5.32 Å². The number of aldehydes is 1. The lowest BCUT2D eigenvalue weighted by Gasteiger charge is -2.07. The van der Waals surface area contributed by atoms with Crippen LogP contribution in [0.2, 0.25) is 0 Å². The highest BCUT2D eigenvalue weighted by molar-refractivity contribution is 5.80. The van der Waals surface area contributed by atoms with E-state index in [0.29, 0.717) is 6.42 Å². The zero-order chi connectivity index (χ0) is 14.3. The van der Waals surface area contributed by atoms with Gasteiger partial charge < -0.3 is 15.8 Å². The summed E-state index contributed by atoms with van der Waals surface area (Å²) in [5, 5.41) is 2.82. The van der Waals surface area contributed by atoms with Crippen LogP contribution in [0, 0.1) is 0 Å². The molecule has 4 nitrogen and oxygen atoms in total. The van der Waals surface area contributed by atoms with E-state index in [4.69, 9.17) is 5.73 Å². The van der Waals surface area contributed by atoms with Gasteiger partial charge in [0.05, 0.1) is 6.04 Å². The molecule has 3 N–H and O–H groups in total. The van der Waals surface area contributed by atoms with Crippen molar-refractivity contribution >= 4 is 12.2 Å². The number of hydrogen-bond donors (Lipinski definition) is 2. The second kappa shape index (κ2) is 13.5. The number of carbonyl (C=O) groups excluding carboxylic acids is 2. The van der Waals surface area contributed by atoms with Gasteiger partial charge in [-0.2, -0.15) is 0 Å². The molecule has 0 heterocycles. The fourth-order valence-corrected chi connectivity index (χ4v) is 1.96. The topological polar surface area (TPSA) is 72.2 Å². The molecule has 1 amide bonds. The van der Waals surface area contributed by atoms with E-state index in [0.717, 1.165) is 25.7 Å². The molecular weight excluding hydrogens is 240 g/mol. The average Bonchev–Trinajstić information content (AvgIpc) is 2.39. The zero-order valence-electron chi connectivity index (χ0n) is 12.3. The Balaban J connectivity index is 3.07. The number of carbonyl (C=O) groups is 2. The van der Waals surface area contributed by atoms with Gasteiger partial charge in [-0.15, -0.1) is 0 Å². The van der Waals surface area contributed by atoms with E-state index < -0.39 is 6.04 Å². The van der Waals surface area contributed by atoms with Gasteiger partial charge in [-0.05, 0) is 19.8 Å². The van der Waals surface area contributed by atoms with Gasteiger partial charge in [0.2, 0.25) is 5.91 Å². The molecular formula is C15H30N2O2. The van der Waals surface area contributed by atoms with Crippen LogP contribution >= 0.6 is 0 Å². The van der Waals surface area contributed by atoms with Crippen LogP contribution in [0.3, 0.4) is 0 Å². The van der Waals surface area contributed by atoms with Gasteiger partial charge in [0, 0.05) is 13.0 Å². The van der Waals surface area contributed by atoms with Crippen LogP contribution < -0.4 is 11.1 Å². The Morgan fingerprint density at radius 1 is 1.00 bits per heavy atom. The maximum Gasteiger partial charge on any atom is 0.236 e. The van der Waals surface area contributed by atoms with Crippen LogP contribution in [0.1, 0.15) is 71.1 Å². The van der Waals surface area contributed by atoms with Gasteiger partial charge in [-0.1, -0.05) is 44.9 Å². The number of hydrogen-bond acceptors (Lipinski definition) is 3. The van der Waals surface area contributed by atoms with Gasteiger partial charge in [0.1, 0.15) is 6.29 Å². The molecule has 0 aromatic heterocycles. The van der Waals surface area contributed by atoms with E-state index in [1.165, 1.54) is 44.9 Å². The lowest BCUT2D eigenvalue weighted by molar-refractivity contribution is -0.122. The maximum atomic E-state index is 11.2. The highest BCUT2D eigenvalue weighted by atomic mass is 16.2. The van der Waals surface area contributed by atoms with E-state index in [-0.39, 0.29) is 5.91 Å². The molecule has 0 saturated heterocycles. The highest BCUT2D eigenvalue weighted by Gasteiger charge is 2.04. The smallest absolute Gasteiger partial charge is 0.236 e. The number of nitrogens with two attached hydrogens (primary N) is 1.